The Morgan fingerprint density at radius 3 is 2.44 bits per heavy atom. The van der Waals surface area contributed by atoms with Crippen LogP contribution in [-0.2, 0) is 16.2 Å². The smallest absolute Gasteiger partial charge is 0.295 e. The number of Topliss-reactive ketones (excluding diaryl/α,β-unsaturated/α-hetero) is 1. The maximum Gasteiger partial charge on any atom is 0.295 e. The number of carbonyl (C=O) groups excluding carboxylic acids is 2. The molecule has 186 valence electrons. The van der Waals surface area contributed by atoms with Crippen LogP contribution in [0.3, 0.4) is 0 Å². The zero-order valence-corrected chi connectivity index (χ0v) is 22.2. The van der Waals surface area contributed by atoms with Crippen molar-refractivity contribution in [2.45, 2.75) is 19.6 Å². The Balaban J connectivity index is 1.70. The number of hydrogen-bond acceptors (Lipinski definition) is 5. The predicted octanol–water partition coefficient (Wildman–Crippen LogP) is 5.32. The van der Waals surface area contributed by atoms with Crippen LogP contribution < -0.4 is 4.74 Å². The largest absolute Gasteiger partial charge is 0.507 e. The third-order valence-corrected chi connectivity index (χ3v) is 6.67. The first-order valence-electron chi connectivity index (χ1n) is 11.7. The fourth-order valence-electron chi connectivity index (χ4n) is 4.29. The Kier molecular flexibility index (Phi) is 7.91. The molecule has 6 nitrogen and oxygen atoms in total. The molecule has 3 aromatic rings. The number of benzene rings is 3. The van der Waals surface area contributed by atoms with Gasteiger partial charge in [0.05, 0.1) is 11.6 Å². The molecule has 1 heterocycles. The van der Waals surface area contributed by atoms with E-state index in [4.69, 9.17) is 4.74 Å². The minimum atomic E-state index is -0.684. The highest BCUT2D eigenvalue weighted by atomic mass is 79.9. The Bertz CT molecular complexity index is 1300. The molecule has 1 fully saturated rings. The summed E-state index contributed by atoms with van der Waals surface area (Å²) in [5, 5.41) is 11.3. The van der Waals surface area contributed by atoms with Gasteiger partial charge in [-0.2, -0.15) is 0 Å². The molecule has 36 heavy (non-hydrogen) atoms. The van der Waals surface area contributed by atoms with Crippen LogP contribution in [0.15, 0.2) is 82.8 Å². The number of nitrogens with zero attached hydrogens (tertiary/aromatic N) is 2. The molecule has 0 saturated carbocycles. The van der Waals surface area contributed by atoms with Gasteiger partial charge in [0.25, 0.3) is 11.7 Å². The third kappa shape index (κ3) is 5.53. The van der Waals surface area contributed by atoms with Gasteiger partial charge in [0.15, 0.2) is 0 Å². The average Bonchev–Trinajstić information content (AvgIpc) is 3.11. The Hall–Kier alpha value is -3.42. The normalized spacial score (nSPS) is 17.1. The van der Waals surface area contributed by atoms with Gasteiger partial charge < -0.3 is 19.6 Å². The fourth-order valence-corrected chi connectivity index (χ4v) is 4.71. The second-order valence-electron chi connectivity index (χ2n) is 9.11. The first kappa shape index (κ1) is 25.7. The van der Waals surface area contributed by atoms with E-state index in [1.54, 1.807) is 23.1 Å². The summed E-state index contributed by atoms with van der Waals surface area (Å²) in [6, 6.07) is 21.9. The fraction of sp³-hybridized carbons (Fsp3) is 0.241. The van der Waals surface area contributed by atoms with Gasteiger partial charge in [0, 0.05) is 23.1 Å². The summed E-state index contributed by atoms with van der Waals surface area (Å²) >= 11 is 3.48. The maximum atomic E-state index is 13.2. The number of halogens is 1. The molecule has 1 atom stereocenters. The molecule has 1 saturated heterocycles. The van der Waals surface area contributed by atoms with Crippen LogP contribution in [0.4, 0.5) is 0 Å². The first-order chi connectivity index (χ1) is 17.3. The van der Waals surface area contributed by atoms with Crippen molar-refractivity contribution in [3.05, 3.63) is 105 Å². The molecule has 1 aliphatic rings. The van der Waals surface area contributed by atoms with Crippen LogP contribution in [0, 0.1) is 6.92 Å². The standard InChI is InChI=1S/C29H29BrN2O4/c1-19-16-22(12-13-24(19)36-18-20-8-5-4-6-9-20)27(33)25-26(21-10-7-11-23(30)17-21)32(15-14-31(2)3)29(35)28(25)34/h4-13,16-17,26,33H,14-15,18H2,1-3H3/b27-25+/t26-/m1/s1. The van der Waals surface area contributed by atoms with Crippen molar-refractivity contribution in [2.75, 3.05) is 27.2 Å². The summed E-state index contributed by atoms with van der Waals surface area (Å²) in [7, 11) is 3.82. The van der Waals surface area contributed by atoms with E-state index in [1.807, 2.05) is 80.5 Å². The monoisotopic (exact) mass is 548 g/mol. The first-order valence-corrected chi connectivity index (χ1v) is 12.5. The number of amides is 1. The van der Waals surface area contributed by atoms with E-state index >= 15 is 0 Å². The molecule has 4 rings (SSSR count). The van der Waals surface area contributed by atoms with Crippen LogP contribution in [0.1, 0.15) is 28.3 Å². The highest BCUT2D eigenvalue weighted by Crippen LogP contribution is 2.40. The van der Waals surface area contributed by atoms with Crippen molar-refractivity contribution in [3.63, 3.8) is 0 Å². The Morgan fingerprint density at radius 1 is 1.03 bits per heavy atom. The Morgan fingerprint density at radius 2 is 1.78 bits per heavy atom. The highest BCUT2D eigenvalue weighted by Gasteiger charge is 2.45. The summed E-state index contributed by atoms with van der Waals surface area (Å²) in [6.07, 6.45) is 0. The molecule has 7 heteroatoms. The number of aliphatic hydroxyl groups excluding tert-OH is 1. The van der Waals surface area contributed by atoms with Crippen LogP contribution in [0.2, 0.25) is 0 Å². The van der Waals surface area contributed by atoms with Crippen molar-refractivity contribution in [1.82, 2.24) is 9.80 Å². The number of ketones is 1. The molecule has 0 spiro atoms. The molecular weight excluding hydrogens is 520 g/mol. The molecule has 0 bridgehead atoms. The van der Waals surface area contributed by atoms with E-state index in [2.05, 4.69) is 15.9 Å². The molecule has 0 aromatic heterocycles. The molecular formula is C29H29BrN2O4. The van der Waals surface area contributed by atoms with Gasteiger partial charge in [-0.3, -0.25) is 9.59 Å². The van der Waals surface area contributed by atoms with E-state index in [1.165, 1.54) is 0 Å². The lowest BCUT2D eigenvalue weighted by Gasteiger charge is -2.26. The van der Waals surface area contributed by atoms with Gasteiger partial charge in [-0.1, -0.05) is 58.4 Å². The summed E-state index contributed by atoms with van der Waals surface area (Å²) in [6.45, 7) is 3.26. The van der Waals surface area contributed by atoms with Crippen molar-refractivity contribution >= 4 is 33.4 Å². The third-order valence-electron chi connectivity index (χ3n) is 6.18. The molecule has 0 aliphatic carbocycles. The lowest BCUT2D eigenvalue weighted by molar-refractivity contribution is -0.140. The van der Waals surface area contributed by atoms with Gasteiger partial charge in [0.2, 0.25) is 0 Å². The van der Waals surface area contributed by atoms with Crippen molar-refractivity contribution in [2.24, 2.45) is 0 Å². The van der Waals surface area contributed by atoms with E-state index in [-0.39, 0.29) is 11.3 Å². The van der Waals surface area contributed by atoms with Crippen LogP contribution in [-0.4, -0.2) is 53.8 Å². The SMILES string of the molecule is Cc1cc(/C(O)=C2\C(=O)C(=O)N(CCN(C)C)[C@@H]2c2cccc(Br)c2)ccc1OCc1ccccc1. The number of likely N-dealkylation sites (N-methyl/N-ethyl adjacent to an activating group) is 1. The van der Waals surface area contributed by atoms with Gasteiger partial charge in [0.1, 0.15) is 18.1 Å². The minimum Gasteiger partial charge on any atom is -0.507 e. The molecule has 1 amide bonds. The number of likely N-dealkylation sites (tertiary alicyclic amines) is 1. The number of carbonyl (C=O) groups is 2. The van der Waals surface area contributed by atoms with Gasteiger partial charge in [-0.05, 0) is 68.0 Å². The number of ether oxygens (including phenoxy) is 1. The molecule has 0 unspecified atom stereocenters. The summed E-state index contributed by atoms with van der Waals surface area (Å²) in [4.78, 5) is 29.7. The number of hydrogen-bond donors (Lipinski definition) is 1. The van der Waals surface area contributed by atoms with E-state index in [0.717, 1.165) is 21.2 Å². The second kappa shape index (κ2) is 11.1. The quantitative estimate of drug-likeness (QED) is 0.234. The number of rotatable bonds is 8. The van der Waals surface area contributed by atoms with Crippen molar-refractivity contribution < 1.29 is 19.4 Å². The zero-order chi connectivity index (χ0) is 25.8. The molecule has 3 aromatic carbocycles. The number of aryl methyl sites for hydroxylation is 1. The van der Waals surface area contributed by atoms with Crippen molar-refractivity contribution in [3.8, 4) is 5.75 Å². The highest BCUT2D eigenvalue weighted by molar-refractivity contribution is 9.10. The van der Waals surface area contributed by atoms with E-state index in [0.29, 0.717) is 31.0 Å². The summed E-state index contributed by atoms with van der Waals surface area (Å²) < 4.78 is 6.79. The van der Waals surface area contributed by atoms with Crippen LogP contribution >= 0.6 is 15.9 Å². The van der Waals surface area contributed by atoms with Crippen LogP contribution in [0.5, 0.6) is 5.75 Å². The minimum absolute atomic E-state index is 0.0919. The summed E-state index contributed by atoms with van der Waals surface area (Å²) in [5.74, 6) is -0.796. The molecule has 1 aliphatic heterocycles. The predicted molar refractivity (Wildman–Crippen MR) is 144 cm³/mol. The topological polar surface area (TPSA) is 70.1 Å². The van der Waals surface area contributed by atoms with Gasteiger partial charge >= 0.3 is 0 Å². The maximum absolute atomic E-state index is 13.2. The van der Waals surface area contributed by atoms with Crippen LogP contribution in [0.25, 0.3) is 5.76 Å². The number of aliphatic hydroxyl groups is 1. The average molecular weight is 549 g/mol. The zero-order valence-electron chi connectivity index (χ0n) is 20.6. The second-order valence-corrected chi connectivity index (χ2v) is 10.0. The van der Waals surface area contributed by atoms with Crippen molar-refractivity contribution in [1.29, 1.82) is 0 Å². The van der Waals surface area contributed by atoms with Gasteiger partial charge in [-0.15, -0.1) is 0 Å². The molecule has 0 radical (unpaired) electrons. The summed E-state index contributed by atoms with van der Waals surface area (Å²) in [5.41, 5.74) is 3.18. The Labute approximate surface area is 219 Å². The molecule has 1 N–H and O–H groups in total. The van der Waals surface area contributed by atoms with Gasteiger partial charge in [-0.25, -0.2) is 0 Å². The lowest BCUT2D eigenvalue weighted by atomic mass is 9.95. The lowest BCUT2D eigenvalue weighted by Crippen LogP contribution is -2.35. The van der Waals surface area contributed by atoms with E-state index < -0.39 is 17.7 Å². The van der Waals surface area contributed by atoms with E-state index in [9.17, 15) is 14.7 Å².